The Kier molecular flexibility index (Phi) is 6.43. The second-order valence-electron chi connectivity index (χ2n) is 8.46. The highest BCUT2D eigenvalue weighted by molar-refractivity contribution is 5.73. The van der Waals surface area contributed by atoms with Crippen molar-refractivity contribution in [1.29, 1.82) is 0 Å². The average molecular weight is 375 g/mol. The highest BCUT2D eigenvalue weighted by atomic mass is 16.5. The van der Waals surface area contributed by atoms with E-state index in [2.05, 4.69) is 36.9 Å². The van der Waals surface area contributed by atoms with Crippen molar-refractivity contribution in [2.24, 2.45) is 11.3 Å². The van der Waals surface area contributed by atoms with Crippen molar-refractivity contribution in [3.05, 3.63) is 29.8 Å². The normalized spacial score (nSPS) is 22.6. The zero-order valence-electron chi connectivity index (χ0n) is 17.2. The van der Waals surface area contributed by atoms with E-state index in [1.54, 1.807) is 14.0 Å². The number of piperidine rings is 1. The third-order valence-corrected chi connectivity index (χ3v) is 6.21. The molecule has 3 rings (SSSR count). The van der Waals surface area contributed by atoms with Crippen molar-refractivity contribution >= 4 is 5.91 Å². The maximum Gasteiger partial charge on any atom is 0.219 e. The molecule has 2 heterocycles. The van der Waals surface area contributed by atoms with Gasteiger partial charge in [0.05, 0.1) is 12.7 Å². The van der Waals surface area contributed by atoms with Crippen molar-refractivity contribution in [3.63, 3.8) is 0 Å². The fourth-order valence-corrected chi connectivity index (χ4v) is 4.67. The Morgan fingerprint density at radius 1 is 1.26 bits per heavy atom. The molecule has 0 bridgehead atoms. The Labute approximate surface area is 163 Å². The second-order valence-corrected chi connectivity index (χ2v) is 8.46. The quantitative estimate of drug-likeness (QED) is 0.767. The molecule has 0 radical (unpaired) electrons. The zero-order chi connectivity index (χ0) is 19.4. The second kappa shape index (κ2) is 8.61. The summed E-state index contributed by atoms with van der Waals surface area (Å²) >= 11 is 0. The predicted molar refractivity (Wildman–Crippen MR) is 107 cm³/mol. The summed E-state index contributed by atoms with van der Waals surface area (Å²) in [7, 11) is 1.77. The maximum atomic E-state index is 11.9. The van der Waals surface area contributed by atoms with Crippen molar-refractivity contribution < 1.29 is 14.3 Å². The van der Waals surface area contributed by atoms with E-state index >= 15 is 0 Å². The summed E-state index contributed by atoms with van der Waals surface area (Å²) in [5, 5.41) is 0. The number of likely N-dealkylation sites (tertiary alicyclic amines) is 2. The number of ether oxygens (including phenoxy) is 2. The summed E-state index contributed by atoms with van der Waals surface area (Å²) < 4.78 is 11.5. The summed E-state index contributed by atoms with van der Waals surface area (Å²) in [6.07, 6.45) is 2.43. The van der Waals surface area contributed by atoms with Crippen LogP contribution in [-0.4, -0.2) is 61.7 Å². The molecule has 1 aromatic rings. The van der Waals surface area contributed by atoms with E-state index in [1.807, 2.05) is 11.0 Å². The van der Waals surface area contributed by atoms with Crippen LogP contribution in [0.5, 0.6) is 5.75 Å². The predicted octanol–water partition coefficient (Wildman–Crippen LogP) is 3.18. The minimum atomic E-state index is 0.182. The lowest BCUT2D eigenvalue weighted by atomic mass is 9.71. The number of carbonyl (C=O) groups is 1. The molecule has 2 aliphatic rings. The van der Waals surface area contributed by atoms with Gasteiger partial charge in [-0.05, 0) is 51.3 Å². The first kappa shape index (κ1) is 20.2. The molecule has 5 heteroatoms. The summed E-state index contributed by atoms with van der Waals surface area (Å²) in [6.45, 7) is 11.3. The molecule has 0 aromatic heterocycles. The van der Waals surface area contributed by atoms with Gasteiger partial charge in [0.15, 0.2) is 0 Å². The molecule has 1 spiro atoms. The minimum absolute atomic E-state index is 0.182. The Balaban J connectivity index is 1.64. The van der Waals surface area contributed by atoms with Gasteiger partial charge < -0.3 is 14.4 Å². The number of hydrogen-bond acceptors (Lipinski definition) is 4. The molecule has 2 fully saturated rings. The van der Waals surface area contributed by atoms with Gasteiger partial charge in [0.1, 0.15) is 5.75 Å². The molecular weight excluding hydrogens is 340 g/mol. The van der Waals surface area contributed by atoms with E-state index in [0.717, 1.165) is 57.9 Å². The van der Waals surface area contributed by atoms with Crippen LogP contribution in [0.4, 0.5) is 0 Å². The largest absolute Gasteiger partial charge is 0.491 e. The zero-order valence-corrected chi connectivity index (χ0v) is 17.2. The third kappa shape index (κ3) is 4.64. The van der Waals surface area contributed by atoms with Gasteiger partial charge in [-0.1, -0.05) is 18.2 Å². The lowest BCUT2D eigenvalue weighted by Crippen LogP contribution is -2.45. The first-order chi connectivity index (χ1) is 12.9. The number of rotatable bonds is 6. The van der Waals surface area contributed by atoms with Gasteiger partial charge >= 0.3 is 0 Å². The van der Waals surface area contributed by atoms with Crippen molar-refractivity contribution in [2.45, 2.75) is 46.3 Å². The maximum absolute atomic E-state index is 11.9. The number of hydrogen-bond donors (Lipinski definition) is 0. The molecule has 150 valence electrons. The summed E-state index contributed by atoms with van der Waals surface area (Å²) in [4.78, 5) is 16.5. The number of amides is 1. The smallest absolute Gasteiger partial charge is 0.219 e. The fourth-order valence-electron chi connectivity index (χ4n) is 4.67. The molecule has 0 saturated carbocycles. The van der Waals surface area contributed by atoms with E-state index in [4.69, 9.17) is 9.47 Å². The van der Waals surface area contributed by atoms with Crippen molar-refractivity contribution in [2.75, 3.05) is 39.9 Å². The SMILES string of the molecule is COCC1CN(C(C)=O)CC12CCN(Cc1ccccc1OC(C)C)CC2. The highest BCUT2D eigenvalue weighted by Gasteiger charge is 2.48. The number of benzene rings is 1. The van der Waals surface area contributed by atoms with Crippen LogP contribution in [0.15, 0.2) is 24.3 Å². The lowest BCUT2D eigenvalue weighted by molar-refractivity contribution is -0.128. The van der Waals surface area contributed by atoms with Crippen molar-refractivity contribution in [3.8, 4) is 5.75 Å². The van der Waals surface area contributed by atoms with Gasteiger partial charge in [-0.15, -0.1) is 0 Å². The summed E-state index contributed by atoms with van der Waals surface area (Å²) in [5.41, 5.74) is 1.47. The van der Waals surface area contributed by atoms with Gasteiger partial charge in [-0.3, -0.25) is 9.69 Å². The third-order valence-electron chi connectivity index (χ3n) is 6.21. The molecule has 1 unspecified atom stereocenters. The molecule has 1 amide bonds. The number of carbonyl (C=O) groups excluding carboxylic acids is 1. The van der Waals surface area contributed by atoms with Crippen LogP contribution in [0.3, 0.4) is 0 Å². The molecule has 5 nitrogen and oxygen atoms in total. The van der Waals surface area contributed by atoms with E-state index < -0.39 is 0 Å². The first-order valence-electron chi connectivity index (χ1n) is 10.1. The lowest BCUT2D eigenvalue weighted by Gasteiger charge is -2.42. The van der Waals surface area contributed by atoms with Crippen LogP contribution in [-0.2, 0) is 16.1 Å². The van der Waals surface area contributed by atoms with Gasteiger partial charge in [0.25, 0.3) is 0 Å². The Morgan fingerprint density at radius 3 is 2.59 bits per heavy atom. The van der Waals surface area contributed by atoms with E-state index in [9.17, 15) is 4.79 Å². The standard InChI is InChI=1S/C22H34N2O3/c1-17(2)27-21-8-6-5-7-19(21)13-23-11-9-22(10-12-23)16-24(18(3)25)14-20(22)15-26-4/h5-8,17,20H,9-16H2,1-4H3. The molecule has 2 aliphatic heterocycles. The molecular formula is C22H34N2O3. The highest BCUT2D eigenvalue weighted by Crippen LogP contribution is 2.45. The Bertz CT molecular complexity index is 638. The molecule has 1 aromatic carbocycles. The molecule has 0 aliphatic carbocycles. The van der Waals surface area contributed by atoms with Crippen LogP contribution in [0.1, 0.15) is 39.2 Å². The topological polar surface area (TPSA) is 42.0 Å². The minimum Gasteiger partial charge on any atom is -0.491 e. The van der Waals surface area contributed by atoms with Gasteiger partial charge in [0, 0.05) is 45.1 Å². The van der Waals surface area contributed by atoms with Gasteiger partial charge in [0.2, 0.25) is 5.91 Å². The molecule has 1 atom stereocenters. The van der Waals surface area contributed by atoms with Crippen LogP contribution in [0, 0.1) is 11.3 Å². The van der Waals surface area contributed by atoms with Gasteiger partial charge in [-0.2, -0.15) is 0 Å². The van der Waals surface area contributed by atoms with Crippen LogP contribution >= 0.6 is 0 Å². The molecule has 27 heavy (non-hydrogen) atoms. The molecule has 0 N–H and O–H groups in total. The van der Waals surface area contributed by atoms with Crippen LogP contribution in [0.2, 0.25) is 0 Å². The van der Waals surface area contributed by atoms with E-state index in [-0.39, 0.29) is 17.4 Å². The first-order valence-corrected chi connectivity index (χ1v) is 10.1. The van der Waals surface area contributed by atoms with Gasteiger partial charge in [-0.25, -0.2) is 0 Å². The van der Waals surface area contributed by atoms with E-state index in [0.29, 0.717) is 5.92 Å². The monoisotopic (exact) mass is 374 g/mol. The number of nitrogens with zero attached hydrogens (tertiary/aromatic N) is 2. The Hall–Kier alpha value is -1.59. The van der Waals surface area contributed by atoms with Crippen LogP contribution in [0.25, 0.3) is 0 Å². The molecule has 2 saturated heterocycles. The Morgan fingerprint density at radius 2 is 1.96 bits per heavy atom. The van der Waals surface area contributed by atoms with E-state index in [1.165, 1.54) is 5.56 Å². The summed E-state index contributed by atoms with van der Waals surface area (Å²) in [6, 6.07) is 8.36. The van der Waals surface area contributed by atoms with Crippen molar-refractivity contribution in [1.82, 2.24) is 9.80 Å². The fraction of sp³-hybridized carbons (Fsp3) is 0.682. The number of methoxy groups -OCH3 is 1. The average Bonchev–Trinajstić information content (AvgIpc) is 2.97. The summed E-state index contributed by atoms with van der Waals surface area (Å²) in [5.74, 6) is 1.63. The number of para-hydroxylation sites is 1. The van der Waals surface area contributed by atoms with Crippen LogP contribution < -0.4 is 4.74 Å².